The summed E-state index contributed by atoms with van der Waals surface area (Å²) in [5.74, 6) is 0. The van der Waals surface area contributed by atoms with Gasteiger partial charge < -0.3 is 10.0 Å². The molecule has 1 aromatic rings. The van der Waals surface area contributed by atoms with Crippen molar-refractivity contribution in [2.24, 2.45) is 5.41 Å². The van der Waals surface area contributed by atoms with Crippen LogP contribution in [0, 0.1) is 26.2 Å². The van der Waals surface area contributed by atoms with Gasteiger partial charge in [0.2, 0.25) is 0 Å². The molecule has 2 heteroatoms. The van der Waals surface area contributed by atoms with Crippen molar-refractivity contribution in [1.29, 1.82) is 0 Å². The first-order chi connectivity index (χ1) is 8.47. The lowest BCUT2D eigenvalue weighted by Crippen LogP contribution is -2.28. The second kappa shape index (κ2) is 5.02. The Morgan fingerprint density at radius 3 is 2.39 bits per heavy atom. The third kappa shape index (κ3) is 2.76. The molecule has 100 valence electrons. The first-order valence-corrected chi connectivity index (χ1v) is 6.82. The van der Waals surface area contributed by atoms with Crippen molar-refractivity contribution in [3.8, 4) is 0 Å². The predicted octanol–water partition coefficient (Wildman–Crippen LogP) is 2.82. The zero-order valence-corrected chi connectivity index (χ0v) is 12.1. The van der Waals surface area contributed by atoms with Crippen LogP contribution in [0.25, 0.3) is 0 Å². The van der Waals surface area contributed by atoms with Crippen molar-refractivity contribution in [3.63, 3.8) is 0 Å². The minimum absolute atomic E-state index is 0.211. The van der Waals surface area contributed by atoms with Crippen LogP contribution in [0.15, 0.2) is 12.1 Å². The van der Waals surface area contributed by atoms with Gasteiger partial charge in [-0.1, -0.05) is 12.1 Å². The lowest BCUT2D eigenvalue weighted by molar-refractivity contribution is 0.161. The second-order valence-electron chi connectivity index (χ2n) is 6.12. The maximum atomic E-state index is 9.38. The second-order valence-corrected chi connectivity index (χ2v) is 6.12. The highest BCUT2D eigenvalue weighted by atomic mass is 16.3. The number of hydrogen-bond acceptors (Lipinski definition) is 2. The van der Waals surface area contributed by atoms with Gasteiger partial charge in [0.15, 0.2) is 0 Å². The standard InChI is InChI=1S/C16H25NO/c1-12-5-6-15(14(3)13(12)2)9-17(4)10-16(11-18)7-8-16/h5-6,18H,7-11H2,1-4H3. The summed E-state index contributed by atoms with van der Waals surface area (Å²) < 4.78 is 0. The average Bonchev–Trinajstić information content (AvgIpc) is 3.10. The molecule has 0 amide bonds. The zero-order chi connectivity index (χ0) is 13.3. The van der Waals surface area contributed by atoms with Crippen LogP contribution in [0.3, 0.4) is 0 Å². The number of hydrogen-bond donors (Lipinski definition) is 1. The van der Waals surface area contributed by atoms with E-state index in [0.717, 1.165) is 13.1 Å². The molecule has 1 aliphatic carbocycles. The molecule has 1 aromatic carbocycles. The third-order valence-corrected chi connectivity index (χ3v) is 4.51. The number of aliphatic hydroxyl groups is 1. The summed E-state index contributed by atoms with van der Waals surface area (Å²) in [4.78, 5) is 2.35. The number of aliphatic hydroxyl groups excluding tert-OH is 1. The molecule has 1 saturated carbocycles. The number of nitrogens with zero attached hydrogens (tertiary/aromatic N) is 1. The molecule has 0 bridgehead atoms. The molecule has 0 atom stereocenters. The van der Waals surface area contributed by atoms with Gasteiger partial charge in [0.25, 0.3) is 0 Å². The van der Waals surface area contributed by atoms with Gasteiger partial charge in [0, 0.05) is 25.1 Å². The fourth-order valence-corrected chi connectivity index (χ4v) is 2.65. The van der Waals surface area contributed by atoms with Gasteiger partial charge in [-0.05, 0) is 62.9 Å². The van der Waals surface area contributed by atoms with Gasteiger partial charge in [-0.2, -0.15) is 0 Å². The van der Waals surface area contributed by atoms with E-state index >= 15 is 0 Å². The van der Waals surface area contributed by atoms with Crippen LogP contribution in [0.2, 0.25) is 0 Å². The molecular formula is C16H25NO. The number of rotatable bonds is 5. The van der Waals surface area contributed by atoms with Crippen LogP contribution in [-0.2, 0) is 6.54 Å². The van der Waals surface area contributed by atoms with Crippen LogP contribution in [0.4, 0.5) is 0 Å². The molecule has 1 aliphatic rings. The summed E-state index contributed by atoms with van der Waals surface area (Å²) in [5, 5.41) is 9.38. The van der Waals surface area contributed by atoms with Gasteiger partial charge in [0.1, 0.15) is 0 Å². The van der Waals surface area contributed by atoms with Crippen LogP contribution < -0.4 is 0 Å². The molecule has 0 spiro atoms. The largest absolute Gasteiger partial charge is 0.396 e. The topological polar surface area (TPSA) is 23.5 Å². The van der Waals surface area contributed by atoms with Crippen molar-refractivity contribution in [1.82, 2.24) is 4.90 Å². The molecule has 0 saturated heterocycles. The summed E-state index contributed by atoms with van der Waals surface area (Å²) >= 11 is 0. The van der Waals surface area contributed by atoms with Crippen molar-refractivity contribution in [2.45, 2.75) is 40.2 Å². The summed E-state index contributed by atoms with van der Waals surface area (Å²) in [7, 11) is 2.16. The van der Waals surface area contributed by atoms with E-state index in [9.17, 15) is 5.11 Å². The van der Waals surface area contributed by atoms with Crippen molar-refractivity contribution >= 4 is 0 Å². The van der Waals surface area contributed by atoms with E-state index in [0.29, 0.717) is 6.61 Å². The average molecular weight is 247 g/mol. The SMILES string of the molecule is Cc1ccc(CN(C)CC2(CO)CC2)c(C)c1C. The Labute approximate surface area is 111 Å². The summed E-state index contributed by atoms with van der Waals surface area (Å²) in [6, 6.07) is 4.46. The van der Waals surface area contributed by atoms with Gasteiger partial charge in [0.05, 0.1) is 0 Å². The predicted molar refractivity (Wildman–Crippen MR) is 75.7 cm³/mol. The lowest BCUT2D eigenvalue weighted by Gasteiger charge is -2.23. The van der Waals surface area contributed by atoms with E-state index in [1.807, 2.05) is 0 Å². The Bertz CT molecular complexity index is 435. The third-order valence-electron chi connectivity index (χ3n) is 4.51. The van der Waals surface area contributed by atoms with Gasteiger partial charge >= 0.3 is 0 Å². The van der Waals surface area contributed by atoms with Crippen LogP contribution in [0.1, 0.15) is 35.1 Å². The van der Waals surface area contributed by atoms with Crippen LogP contribution >= 0.6 is 0 Å². The van der Waals surface area contributed by atoms with Crippen LogP contribution in [-0.4, -0.2) is 30.2 Å². The zero-order valence-electron chi connectivity index (χ0n) is 12.1. The number of benzene rings is 1. The lowest BCUT2D eigenvalue weighted by atomic mass is 9.98. The van der Waals surface area contributed by atoms with Crippen molar-refractivity contribution in [2.75, 3.05) is 20.2 Å². The molecule has 1 fully saturated rings. The molecular weight excluding hydrogens is 222 g/mol. The Morgan fingerprint density at radius 1 is 1.17 bits per heavy atom. The molecule has 0 aliphatic heterocycles. The molecule has 18 heavy (non-hydrogen) atoms. The van der Waals surface area contributed by atoms with E-state index in [2.05, 4.69) is 44.9 Å². The first kappa shape index (κ1) is 13.6. The smallest absolute Gasteiger partial charge is 0.0499 e. The van der Waals surface area contributed by atoms with E-state index in [1.54, 1.807) is 0 Å². The van der Waals surface area contributed by atoms with Gasteiger partial charge in [-0.3, -0.25) is 0 Å². The minimum atomic E-state index is 0.211. The Hall–Kier alpha value is -0.860. The fourth-order valence-electron chi connectivity index (χ4n) is 2.65. The van der Waals surface area contributed by atoms with E-state index in [1.165, 1.54) is 35.1 Å². The number of aryl methyl sites for hydroxylation is 1. The van der Waals surface area contributed by atoms with E-state index in [-0.39, 0.29) is 5.41 Å². The Balaban J connectivity index is 2.03. The van der Waals surface area contributed by atoms with Gasteiger partial charge in [-0.15, -0.1) is 0 Å². The first-order valence-electron chi connectivity index (χ1n) is 6.82. The highest BCUT2D eigenvalue weighted by Gasteiger charge is 2.42. The summed E-state index contributed by atoms with van der Waals surface area (Å²) in [6.45, 7) is 8.91. The maximum Gasteiger partial charge on any atom is 0.0499 e. The highest BCUT2D eigenvalue weighted by Crippen LogP contribution is 2.45. The Morgan fingerprint density at radius 2 is 1.83 bits per heavy atom. The maximum absolute atomic E-state index is 9.38. The monoisotopic (exact) mass is 247 g/mol. The normalized spacial score (nSPS) is 17.2. The van der Waals surface area contributed by atoms with Crippen molar-refractivity contribution in [3.05, 3.63) is 34.4 Å². The Kier molecular flexibility index (Phi) is 3.79. The molecule has 0 aromatic heterocycles. The highest BCUT2D eigenvalue weighted by molar-refractivity contribution is 5.38. The minimum Gasteiger partial charge on any atom is -0.396 e. The van der Waals surface area contributed by atoms with Crippen LogP contribution in [0.5, 0.6) is 0 Å². The molecule has 1 N–H and O–H groups in total. The quantitative estimate of drug-likeness (QED) is 0.865. The molecule has 0 unspecified atom stereocenters. The van der Waals surface area contributed by atoms with E-state index < -0.39 is 0 Å². The molecule has 0 radical (unpaired) electrons. The molecule has 2 rings (SSSR count). The molecule has 2 nitrogen and oxygen atoms in total. The van der Waals surface area contributed by atoms with Gasteiger partial charge in [-0.25, -0.2) is 0 Å². The van der Waals surface area contributed by atoms with E-state index in [4.69, 9.17) is 0 Å². The summed E-state index contributed by atoms with van der Waals surface area (Å²) in [6.07, 6.45) is 2.36. The van der Waals surface area contributed by atoms with Crippen molar-refractivity contribution < 1.29 is 5.11 Å². The fraction of sp³-hybridized carbons (Fsp3) is 0.625. The summed E-state index contributed by atoms with van der Waals surface area (Å²) in [5.41, 5.74) is 5.81. The molecule has 0 heterocycles.